The maximum Gasteiger partial charge on any atom is 0.193 e. The van der Waals surface area contributed by atoms with Gasteiger partial charge in [0.1, 0.15) is 0 Å². The Hall–Kier alpha value is -1.24. The second-order valence-electron chi connectivity index (χ2n) is 5.40. The fourth-order valence-corrected chi connectivity index (χ4v) is 2.47. The highest BCUT2D eigenvalue weighted by molar-refractivity contribution is 6.30. The van der Waals surface area contributed by atoms with Crippen LogP contribution in [0, 0.1) is 0 Å². The van der Waals surface area contributed by atoms with Gasteiger partial charge >= 0.3 is 0 Å². The molecule has 0 aliphatic carbocycles. The number of methoxy groups -OCH3 is 1. The van der Waals surface area contributed by atoms with Crippen molar-refractivity contribution in [2.24, 2.45) is 12.0 Å². The van der Waals surface area contributed by atoms with Gasteiger partial charge in [-0.3, -0.25) is 4.99 Å². The minimum absolute atomic E-state index is 0.652. The number of guanidine groups is 1. The van der Waals surface area contributed by atoms with E-state index in [1.165, 1.54) is 0 Å². The molecule has 1 aromatic rings. The van der Waals surface area contributed by atoms with E-state index in [0.29, 0.717) is 13.2 Å². The second kappa shape index (κ2) is 11.3. The summed E-state index contributed by atoms with van der Waals surface area (Å²) in [5.74, 6) is 0.877. The van der Waals surface area contributed by atoms with E-state index < -0.39 is 0 Å². The number of aliphatic imine (C=N–C) groups is 1. The number of aromatic nitrogens is 1. The fourth-order valence-electron chi connectivity index (χ4n) is 2.20. The largest absolute Gasteiger partial charge is 0.382 e. The van der Waals surface area contributed by atoms with Crippen LogP contribution in [0.1, 0.15) is 18.5 Å². The molecule has 1 rings (SSSR count). The Morgan fingerprint density at radius 2 is 2.13 bits per heavy atom. The van der Waals surface area contributed by atoms with E-state index in [1.807, 2.05) is 30.9 Å². The Kier molecular flexibility index (Phi) is 9.75. The average molecular weight is 345 g/mol. The van der Waals surface area contributed by atoms with E-state index >= 15 is 0 Å². The number of nitrogens with zero attached hydrogens (tertiary/aromatic N) is 3. The molecule has 0 aromatic carbocycles. The summed E-state index contributed by atoms with van der Waals surface area (Å²) in [6.07, 6.45) is 3.96. The van der Waals surface area contributed by atoms with E-state index in [9.17, 15) is 0 Å². The second-order valence-corrected chi connectivity index (χ2v) is 5.84. The highest BCUT2D eigenvalue weighted by atomic mass is 35.5. The van der Waals surface area contributed by atoms with Gasteiger partial charge in [-0.05, 0) is 18.9 Å². The lowest BCUT2D eigenvalue weighted by Crippen LogP contribution is -2.39. The average Bonchev–Trinajstić information content (AvgIpc) is 2.83. The molecular weight excluding hydrogens is 316 g/mol. The molecular formula is C16H29ClN4O2. The summed E-state index contributed by atoms with van der Waals surface area (Å²) >= 11 is 6.02. The maximum absolute atomic E-state index is 6.02. The van der Waals surface area contributed by atoms with Crippen molar-refractivity contribution < 1.29 is 9.47 Å². The molecule has 0 amide bonds. The molecule has 0 aliphatic heterocycles. The predicted molar refractivity (Wildman–Crippen MR) is 95.2 cm³/mol. The van der Waals surface area contributed by atoms with Crippen molar-refractivity contribution in [3.8, 4) is 0 Å². The number of rotatable bonds is 10. The van der Waals surface area contributed by atoms with Gasteiger partial charge in [0, 0.05) is 53.3 Å². The molecule has 0 fully saturated rings. The summed E-state index contributed by atoms with van der Waals surface area (Å²) in [6.45, 7) is 3.70. The van der Waals surface area contributed by atoms with Gasteiger partial charge in [0.2, 0.25) is 0 Å². The lowest BCUT2D eigenvalue weighted by atomic mass is 10.3. The van der Waals surface area contributed by atoms with Gasteiger partial charge in [-0.2, -0.15) is 0 Å². The van der Waals surface area contributed by atoms with E-state index in [-0.39, 0.29) is 0 Å². The van der Waals surface area contributed by atoms with E-state index in [0.717, 1.165) is 49.2 Å². The van der Waals surface area contributed by atoms with Crippen LogP contribution in [0.5, 0.6) is 0 Å². The molecule has 0 radical (unpaired) electrons. The van der Waals surface area contributed by atoms with Crippen molar-refractivity contribution in [3.05, 3.63) is 23.0 Å². The predicted octanol–water partition coefficient (Wildman–Crippen LogP) is 2.13. The van der Waals surface area contributed by atoms with Gasteiger partial charge in [0.15, 0.2) is 5.96 Å². The molecule has 0 unspecified atom stereocenters. The number of halogens is 1. The molecule has 0 atom stereocenters. The molecule has 0 bridgehead atoms. The highest BCUT2D eigenvalue weighted by Gasteiger charge is 2.09. The fraction of sp³-hybridized carbons (Fsp3) is 0.688. The molecule has 132 valence electrons. The van der Waals surface area contributed by atoms with Crippen molar-refractivity contribution in [2.75, 3.05) is 47.6 Å². The zero-order chi connectivity index (χ0) is 17.1. The zero-order valence-electron chi connectivity index (χ0n) is 14.6. The minimum Gasteiger partial charge on any atom is -0.382 e. The van der Waals surface area contributed by atoms with Crippen LogP contribution in [-0.2, 0) is 23.1 Å². The molecule has 0 saturated carbocycles. The molecule has 1 aromatic heterocycles. The van der Waals surface area contributed by atoms with Gasteiger partial charge in [-0.25, -0.2) is 0 Å². The standard InChI is InChI=1S/C16H29ClN4O2/c1-18-16(19-7-5-6-8-23-10-9-22-4)21(3)13-15-11-14(17)12-20(15)2/h11-12H,5-10,13H2,1-4H3,(H,18,19). The summed E-state index contributed by atoms with van der Waals surface area (Å²) in [7, 11) is 7.49. The van der Waals surface area contributed by atoms with Gasteiger partial charge in [-0.15, -0.1) is 0 Å². The lowest BCUT2D eigenvalue weighted by Gasteiger charge is -2.22. The van der Waals surface area contributed by atoms with Gasteiger partial charge in [0.25, 0.3) is 0 Å². The number of nitrogens with one attached hydrogen (secondary N) is 1. The summed E-state index contributed by atoms with van der Waals surface area (Å²) in [6, 6.07) is 1.97. The Labute approximate surface area is 144 Å². The van der Waals surface area contributed by atoms with Crippen molar-refractivity contribution in [2.45, 2.75) is 19.4 Å². The van der Waals surface area contributed by atoms with Gasteiger partial charge in [0.05, 0.1) is 24.8 Å². The SMILES string of the molecule is CN=C(NCCCCOCCOC)N(C)Cc1cc(Cl)cn1C. The Balaban J connectivity index is 2.24. The monoisotopic (exact) mass is 344 g/mol. The third-order valence-electron chi connectivity index (χ3n) is 3.48. The lowest BCUT2D eigenvalue weighted by molar-refractivity contribution is 0.0689. The third kappa shape index (κ3) is 7.72. The Morgan fingerprint density at radius 3 is 2.74 bits per heavy atom. The highest BCUT2D eigenvalue weighted by Crippen LogP contribution is 2.14. The van der Waals surface area contributed by atoms with E-state index in [2.05, 4.69) is 15.2 Å². The summed E-state index contributed by atoms with van der Waals surface area (Å²) in [4.78, 5) is 6.40. The van der Waals surface area contributed by atoms with E-state index in [1.54, 1.807) is 14.2 Å². The topological polar surface area (TPSA) is 51.0 Å². The first kappa shape index (κ1) is 19.8. The molecule has 1 heterocycles. The van der Waals surface area contributed by atoms with Gasteiger partial charge < -0.3 is 24.3 Å². The Morgan fingerprint density at radius 1 is 1.35 bits per heavy atom. The maximum atomic E-state index is 6.02. The van der Waals surface area contributed by atoms with Crippen LogP contribution in [0.3, 0.4) is 0 Å². The molecule has 23 heavy (non-hydrogen) atoms. The van der Waals surface area contributed by atoms with Crippen LogP contribution in [-0.4, -0.2) is 63.0 Å². The van der Waals surface area contributed by atoms with Crippen molar-refractivity contribution in [1.82, 2.24) is 14.8 Å². The molecule has 7 heteroatoms. The third-order valence-corrected chi connectivity index (χ3v) is 3.68. The van der Waals surface area contributed by atoms with Crippen molar-refractivity contribution in [3.63, 3.8) is 0 Å². The van der Waals surface area contributed by atoms with Gasteiger partial charge in [-0.1, -0.05) is 11.6 Å². The Bertz CT molecular complexity index is 477. The normalized spacial score (nSPS) is 11.8. The zero-order valence-corrected chi connectivity index (χ0v) is 15.4. The summed E-state index contributed by atoms with van der Waals surface area (Å²) in [5.41, 5.74) is 1.15. The number of ether oxygens (including phenoxy) is 2. The van der Waals surface area contributed by atoms with Crippen molar-refractivity contribution >= 4 is 17.6 Å². The smallest absolute Gasteiger partial charge is 0.193 e. The first-order valence-corrected chi connectivity index (χ1v) is 8.25. The summed E-state index contributed by atoms with van der Waals surface area (Å²) < 4.78 is 12.4. The number of hydrogen-bond acceptors (Lipinski definition) is 3. The van der Waals surface area contributed by atoms with Crippen molar-refractivity contribution in [1.29, 1.82) is 0 Å². The molecule has 1 N–H and O–H groups in total. The number of hydrogen-bond donors (Lipinski definition) is 1. The number of unbranched alkanes of at least 4 members (excludes halogenated alkanes) is 1. The van der Waals surface area contributed by atoms with Crippen LogP contribution in [0.2, 0.25) is 5.02 Å². The molecule has 0 saturated heterocycles. The minimum atomic E-state index is 0.652. The quantitative estimate of drug-likeness (QED) is 0.401. The number of aryl methyl sites for hydroxylation is 1. The van der Waals surface area contributed by atoms with Crippen LogP contribution in [0.4, 0.5) is 0 Å². The molecule has 0 aliphatic rings. The molecule has 0 spiro atoms. The summed E-state index contributed by atoms with van der Waals surface area (Å²) in [5, 5.41) is 4.13. The van der Waals surface area contributed by atoms with Crippen LogP contribution in [0.25, 0.3) is 0 Å². The first-order valence-electron chi connectivity index (χ1n) is 7.87. The van der Waals surface area contributed by atoms with E-state index in [4.69, 9.17) is 21.1 Å². The first-order chi connectivity index (χ1) is 11.1. The van der Waals surface area contributed by atoms with Crippen LogP contribution in [0.15, 0.2) is 17.3 Å². The van der Waals surface area contributed by atoms with Crippen LogP contribution < -0.4 is 5.32 Å². The molecule has 6 nitrogen and oxygen atoms in total. The van der Waals surface area contributed by atoms with Crippen LogP contribution >= 0.6 is 11.6 Å².